The second kappa shape index (κ2) is 9.23. The van der Waals surface area contributed by atoms with Gasteiger partial charge in [0.05, 0.1) is 12.8 Å². The number of amides is 1. The van der Waals surface area contributed by atoms with E-state index in [-0.39, 0.29) is 11.9 Å². The molecule has 1 saturated heterocycles. The highest BCUT2D eigenvalue weighted by molar-refractivity contribution is 6.31. The van der Waals surface area contributed by atoms with Crippen LogP contribution in [0.25, 0.3) is 5.69 Å². The smallest absolute Gasteiger partial charge is 0.327 e. The molecule has 2 aromatic carbocycles. The van der Waals surface area contributed by atoms with Gasteiger partial charge in [0.2, 0.25) is 0 Å². The van der Waals surface area contributed by atoms with Gasteiger partial charge in [-0.1, -0.05) is 29.8 Å². The van der Waals surface area contributed by atoms with Crippen molar-refractivity contribution >= 4 is 23.5 Å². The first-order chi connectivity index (χ1) is 15.1. The Hall–Kier alpha value is -3.30. The minimum absolute atomic E-state index is 0.0599. The molecule has 1 atom stereocenters. The Balaban J connectivity index is 1.44. The van der Waals surface area contributed by atoms with E-state index in [0.29, 0.717) is 42.3 Å². The van der Waals surface area contributed by atoms with Gasteiger partial charge in [-0.05, 0) is 46.3 Å². The normalized spacial score (nSPS) is 15.5. The number of aromatic nitrogens is 4. The van der Waals surface area contributed by atoms with Crippen LogP contribution in [0.4, 0.5) is 0 Å². The van der Waals surface area contributed by atoms with Gasteiger partial charge in [-0.3, -0.25) is 9.69 Å². The Morgan fingerprint density at radius 1 is 1.03 bits per heavy atom. The third-order valence-corrected chi connectivity index (χ3v) is 5.66. The van der Waals surface area contributed by atoms with Gasteiger partial charge < -0.3 is 9.64 Å². The van der Waals surface area contributed by atoms with E-state index in [4.69, 9.17) is 16.3 Å². The van der Waals surface area contributed by atoms with Crippen LogP contribution >= 0.6 is 11.6 Å². The van der Waals surface area contributed by atoms with Crippen molar-refractivity contribution in [1.82, 2.24) is 30.0 Å². The van der Waals surface area contributed by atoms with Crippen molar-refractivity contribution in [1.29, 1.82) is 0 Å². The van der Waals surface area contributed by atoms with E-state index in [2.05, 4.69) is 15.5 Å². The number of carbonyl (C=O) groups is 2. The molecular formula is C21H21ClN6O3. The molecule has 2 heterocycles. The Labute approximate surface area is 184 Å². The van der Waals surface area contributed by atoms with Gasteiger partial charge in [0.1, 0.15) is 12.4 Å². The molecule has 1 aliphatic heterocycles. The van der Waals surface area contributed by atoms with Crippen LogP contribution in [0, 0.1) is 0 Å². The van der Waals surface area contributed by atoms with Gasteiger partial charge in [0.15, 0.2) is 0 Å². The molecule has 4 rings (SSSR count). The predicted octanol–water partition coefficient (Wildman–Crippen LogP) is 1.99. The first-order valence-corrected chi connectivity index (χ1v) is 10.2. The lowest BCUT2D eigenvalue weighted by atomic mass is 10.0. The van der Waals surface area contributed by atoms with Crippen LogP contribution in [0.1, 0.15) is 22.0 Å². The fraction of sp³-hybridized carbons (Fsp3) is 0.286. The molecule has 0 saturated carbocycles. The lowest BCUT2D eigenvalue weighted by Crippen LogP contribution is -2.51. The van der Waals surface area contributed by atoms with Crippen LogP contribution in [0.3, 0.4) is 0 Å². The Bertz CT molecular complexity index is 1050. The monoisotopic (exact) mass is 440 g/mol. The molecule has 0 radical (unpaired) electrons. The molecule has 1 aromatic heterocycles. The zero-order chi connectivity index (χ0) is 21.8. The van der Waals surface area contributed by atoms with Crippen LogP contribution in [0.2, 0.25) is 5.02 Å². The number of ether oxygens (including phenoxy) is 1. The van der Waals surface area contributed by atoms with E-state index < -0.39 is 6.04 Å². The van der Waals surface area contributed by atoms with Crippen LogP contribution in [-0.2, 0) is 9.53 Å². The number of rotatable bonds is 5. The van der Waals surface area contributed by atoms with Gasteiger partial charge >= 0.3 is 5.97 Å². The molecule has 3 aromatic rings. The standard InChI is InChI=1S/C21H21ClN6O3/c1-31-21(30)19(17-4-2-3-5-18(17)22)26-10-12-27(13-11-26)20(29)15-6-8-16(9-7-15)28-14-23-24-25-28/h2-9,14,19H,10-13H2,1H3. The summed E-state index contributed by atoms with van der Waals surface area (Å²) in [6.45, 7) is 2.04. The molecule has 1 unspecified atom stereocenters. The summed E-state index contributed by atoms with van der Waals surface area (Å²) in [4.78, 5) is 29.2. The topological polar surface area (TPSA) is 93.5 Å². The van der Waals surface area contributed by atoms with E-state index >= 15 is 0 Å². The van der Waals surface area contributed by atoms with Gasteiger partial charge in [0.25, 0.3) is 5.91 Å². The molecule has 1 fully saturated rings. The average molecular weight is 441 g/mol. The molecule has 10 heteroatoms. The van der Waals surface area contributed by atoms with Crippen LogP contribution in [-0.4, -0.2) is 75.2 Å². The largest absolute Gasteiger partial charge is 0.468 e. The number of halogens is 1. The molecule has 1 aliphatic rings. The maximum atomic E-state index is 12.9. The van der Waals surface area contributed by atoms with Crippen LogP contribution in [0.15, 0.2) is 54.9 Å². The van der Waals surface area contributed by atoms with E-state index in [9.17, 15) is 9.59 Å². The summed E-state index contributed by atoms with van der Waals surface area (Å²) in [7, 11) is 1.37. The molecule has 0 aliphatic carbocycles. The van der Waals surface area contributed by atoms with Crippen molar-refractivity contribution in [2.24, 2.45) is 0 Å². The average Bonchev–Trinajstić information content (AvgIpc) is 3.35. The second-order valence-electron chi connectivity index (χ2n) is 7.08. The third-order valence-electron chi connectivity index (χ3n) is 5.32. The number of benzene rings is 2. The number of nitrogens with zero attached hydrogens (tertiary/aromatic N) is 6. The number of esters is 1. The first-order valence-electron chi connectivity index (χ1n) is 9.77. The lowest BCUT2D eigenvalue weighted by Gasteiger charge is -2.38. The van der Waals surface area contributed by atoms with Gasteiger partial charge in [-0.25, -0.2) is 9.48 Å². The van der Waals surface area contributed by atoms with Gasteiger partial charge in [-0.15, -0.1) is 5.10 Å². The highest BCUT2D eigenvalue weighted by atomic mass is 35.5. The zero-order valence-electron chi connectivity index (χ0n) is 16.9. The number of hydrogen-bond acceptors (Lipinski definition) is 7. The molecule has 160 valence electrons. The van der Waals surface area contributed by atoms with E-state index in [0.717, 1.165) is 5.69 Å². The van der Waals surface area contributed by atoms with Gasteiger partial charge in [-0.2, -0.15) is 0 Å². The minimum atomic E-state index is -0.605. The fourth-order valence-corrected chi connectivity index (χ4v) is 3.92. The summed E-state index contributed by atoms with van der Waals surface area (Å²) in [6.07, 6.45) is 1.49. The van der Waals surface area contributed by atoms with Crippen molar-refractivity contribution in [2.75, 3.05) is 33.3 Å². The van der Waals surface area contributed by atoms with Crippen molar-refractivity contribution in [2.45, 2.75) is 6.04 Å². The molecule has 1 amide bonds. The number of carbonyl (C=O) groups excluding carboxylic acids is 2. The number of piperazine rings is 1. The van der Waals surface area contributed by atoms with Crippen LogP contribution in [0.5, 0.6) is 0 Å². The molecule has 0 spiro atoms. The van der Waals surface area contributed by atoms with E-state index in [1.807, 2.05) is 23.1 Å². The summed E-state index contributed by atoms with van der Waals surface area (Å²) >= 11 is 6.34. The van der Waals surface area contributed by atoms with E-state index in [1.165, 1.54) is 18.1 Å². The molecule has 31 heavy (non-hydrogen) atoms. The van der Waals surface area contributed by atoms with E-state index in [1.54, 1.807) is 35.2 Å². The third kappa shape index (κ3) is 4.42. The summed E-state index contributed by atoms with van der Waals surface area (Å²) < 4.78 is 6.55. The Morgan fingerprint density at radius 2 is 1.74 bits per heavy atom. The minimum Gasteiger partial charge on any atom is -0.468 e. The highest BCUT2D eigenvalue weighted by Gasteiger charge is 2.33. The quantitative estimate of drug-likeness (QED) is 0.560. The van der Waals surface area contributed by atoms with Crippen molar-refractivity contribution in [3.8, 4) is 5.69 Å². The summed E-state index contributed by atoms with van der Waals surface area (Å²) in [6, 6.07) is 13.7. The maximum absolute atomic E-state index is 12.9. The second-order valence-corrected chi connectivity index (χ2v) is 7.48. The predicted molar refractivity (Wildman–Crippen MR) is 113 cm³/mol. The van der Waals surface area contributed by atoms with Gasteiger partial charge in [0, 0.05) is 36.8 Å². The lowest BCUT2D eigenvalue weighted by molar-refractivity contribution is -0.148. The molecular weight excluding hydrogens is 420 g/mol. The maximum Gasteiger partial charge on any atom is 0.327 e. The summed E-state index contributed by atoms with van der Waals surface area (Å²) in [5.74, 6) is -0.429. The summed E-state index contributed by atoms with van der Waals surface area (Å²) in [5.41, 5.74) is 2.06. The van der Waals surface area contributed by atoms with Crippen LogP contribution < -0.4 is 0 Å². The molecule has 0 bridgehead atoms. The SMILES string of the molecule is COC(=O)C(c1ccccc1Cl)N1CCN(C(=O)c2ccc(-n3cnnn3)cc2)CC1. The fourth-order valence-electron chi connectivity index (χ4n) is 3.68. The van der Waals surface area contributed by atoms with Crippen molar-refractivity contribution < 1.29 is 14.3 Å². The first kappa shape index (κ1) is 21.0. The summed E-state index contributed by atoms with van der Waals surface area (Å²) in [5, 5.41) is 11.6. The van der Waals surface area contributed by atoms with Crippen molar-refractivity contribution in [3.05, 3.63) is 71.0 Å². The molecule has 9 nitrogen and oxygen atoms in total. The highest BCUT2D eigenvalue weighted by Crippen LogP contribution is 2.29. The Kier molecular flexibility index (Phi) is 6.24. The Morgan fingerprint density at radius 3 is 2.35 bits per heavy atom. The zero-order valence-corrected chi connectivity index (χ0v) is 17.6. The number of methoxy groups -OCH3 is 1. The van der Waals surface area contributed by atoms with Crippen molar-refractivity contribution in [3.63, 3.8) is 0 Å². The number of hydrogen-bond donors (Lipinski definition) is 0. The molecule has 0 N–H and O–H groups in total. The number of tetrazole rings is 1.